The first-order valence-corrected chi connectivity index (χ1v) is 15.7. The Morgan fingerprint density at radius 3 is 2.47 bits per heavy atom. The topological polar surface area (TPSA) is 61.9 Å². The van der Waals surface area contributed by atoms with Gasteiger partial charge in [0.25, 0.3) is 0 Å². The lowest BCUT2D eigenvalue weighted by molar-refractivity contribution is -0.143. The minimum atomic E-state index is -1.33. The summed E-state index contributed by atoms with van der Waals surface area (Å²) in [5.41, 5.74) is 4.01. The summed E-state index contributed by atoms with van der Waals surface area (Å²) in [6.45, 7) is 2.53. The molecule has 2 bridgehead atoms. The van der Waals surface area contributed by atoms with Gasteiger partial charge in [-0.3, -0.25) is 9.59 Å². The highest BCUT2D eigenvalue weighted by Gasteiger charge is 2.47. The SMILES string of the molecule is CC(=O)N1[C@H]2CNC(C(=O)N(Cc3ccccc3Cl)C3CC3)[C@@H]1C=C(c1ccc(CCCOc3c(F)ccc(F)c3F)cc1)C2. The second kappa shape index (κ2) is 13.3. The number of rotatable bonds is 10. The van der Waals surface area contributed by atoms with E-state index in [1.165, 1.54) is 0 Å². The molecule has 3 aromatic rings. The maximum atomic E-state index is 14.1. The van der Waals surface area contributed by atoms with E-state index in [9.17, 15) is 22.8 Å². The summed E-state index contributed by atoms with van der Waals surface area (Å²) < 4.78 is 46.3. The van der Waals surface area contributed by atoms with Gasteiger partial charge in [0.05, 0.1) is 12.6 Å². The molecule has 2 heterocycles. The van der Waals surface area contributed by atoms with Crippen molar-refractivity contribution < 1.29 is 27.5 Å². The number of benzene rings is 3. The van der Waals surface area contributed by atoms with E-state index in [0.29, 0.717) is 37.4 Å². The van der Waals surface area contributed by atoms with Crippen LogP contribution in [-0.2, 0) is 22.6 Å². The molecule has 0 spiro atoms. The van der Waals surface area contributed by atoms with Crippen LogP contribution in [0.25, 0.3) is 5.57 Å². The van der Waals surface area contributed by atoms with Gasteiger partial charge in [0.1, 0.15) is 6.04 Å². The van der Waals surface area contributed by atoms with Crippen LogP contribution >= 0.6 is 11.6 Å². The van der Waals surface area contributed by atoms with Crippen molar-refractivity contribution in [3.63, 3.8) is 0 Å². The van der Waals surface area contributed by atoms with E-state index in [0.717, 1.165) is 47.2 Å². The summed E-state index contributed by atoms with van der Waals surface area (Å²) in [7, 11) is 0. The molecule has 1 N–H and O–H groups in total. The van der Waals surface area contributed by atoms with Crippen LogP contribution in [0.15, 0.2) is 66.7 Å². The van der Waals surface area contributed by atoms with Gasteiger partial charge in [-0.25, -0.2) is 8.78 Å². The summed E-state index contributed by atoms with van der Waals surface area (Å²) in [5, 5.41) is 4.09. The van der Waals surface area contributed by atoms with Gasteiger partial charge in [0, 0.05) is 37.1 Å². The molecular weight excluding hydrogens is 603 g/mol. The lowest BCUT2D eigenvalue weighted by atomic mass is 9.84. The fourth-order valence-corrected chi connectivity index (χ4v) is 6.61. The van der Waals surface area contributed by atoms with Crippen molar-refractivity contribution in [3.8, 4) is 5.75 Å². The fraction of sp³-hybridized carbons (Fsp3) is 0.371. The average molecular weight is 638 g/mol. The summed E-state index contributed by atoms with van der Waals surface area (Å²) in [4.78, 5) is 30.7. The van der Waals surface area contributed by atoms with Crippen molar-refractivity contribution in [1.29, 1.82) is 0 Å². The molecule has 6 rings (SSSR count). The maximum absolute atomic E-state index is 14.1. The lowest BCUT2D eigenvalue weighted by Crippen LogP contribution is -2.68. The zero-order chi connectivity index (χ0) is 31.7. The molecule has 3 aromatic carbocycles. The average Bonchev–Trinajstić information content (AvgIpc) is 3.87. The van der Waals surface area contributed by atoms with Crippen LogP contribution in [0.5, 0.6) is 5.75 Å². The maximum Gasteiger partial charge on any atom is 0.242 e. The molecule has 2 fully saturated rings. The van der Waals surface area contributed by atoms with Crippen LogP contribution in [0.3, 0.4) is 0 Å². The van der Waals surface area contributed by atoms with Crippen LogP contribution < -0.4 is 10.1 Å². The Balaban J connectivity index is 1.15. The summed E-state index contributed by atoms with van der Waals surface area (Å²) in [6.07, 6.45) is 5.70. The molecule has 2 amide bonds. The molecule has 6 nitrogen and oxygen atoms in total. The first kappa shape index (κ1) is 31.2. The largest absolute Gasteiger partial charge is 0.488 e. The lowest BCUT2D eigenvalue weighted by Gasteiger charge is -2.49. The second-order valence-electron chi connectivity index (χ2n) is 12.0. The Morgan fingerprint density at radius 1 is 1.02 bits per heavy atom. The van der Waals surface area contributed by atoms with E-state index in [-0.39, 0.29) is 30.5 Å². The first-order valence-electron chi connectivity index (χ1n) is 15.3. The number of nitrogens with zero attached hydrogens (tertiary/aromatic N) is 2. The number of fused-ring (bicyclic) bond motifs is 2. The standard InChI is InChI=1S/C35H35ClF3N3O3/c1-21(43)42-27-17-25(23-10-8-22(9-11-23)5-4-16-45-34-30(38)15-14-29(37)32(34)39)18-31(42)33(40-19-27)35(44)41(26-12-13-26)20-24-6-2-3-7-28(24)36/h2-3,6-11,14-15,18,26-27,31,33,40H,4-5,12-13,16-17,19-20H2,1H3/t27-,31+,33?/m1/s1. The van der Waals surface area contributed by atoms with Crippen molar-refractivity contribution in [2.24, 2.45) is 0 Å². The molecule has 1 aliphatic carbocycles. The van der Waals surface area contributed by atoms with E-state index in [1.54, 1.807) is 6.92 Å². The second-order valence-corrected chi connectivity index (χ2v) is 12.4. The third kappa shape index (κ3) is 6.75. The van der Waals surface area contributed by atoms with E-state index < -0.39 is 35.3 Å². The molecule has 45 heavy (non-hydrogen) atoms. The Bertz CT molecular complexity index is 1610. The van der Waals surface area contributed by atoms with E-state index >= 15 is 0 Å². The number of halogens is 4. The van der Waals surface area contributed by atoms with Gasteiger partial charge in [0.2, 0.25) is 17.6 Å². The third-order valence-electron chi connectivity index (χ3n) is 8.84. The fourth-order valence-electron chi connectivity index (χ4n) is 6.41. The minimum Gasteiger partial charge on any atom is -0.488 e. The van der Waals surface area contributed by atoms with Crippen molar-refractivity contribution in [1.82, 2.24) is 15.1 Å². The summed E-state index contributed by atoms with van der Waals surface area (Å²) >= 11 is 6.45. The molecule has 2 aliphatic heterocycles. The highest BCUT2D eigenvalue weighted by Crippen LogP contribution is 2.36. The molecule has 0 aromatic heterocycles. The number of carbonyl (C=O) groups is 2. The molecule has 1 saturated carbocycles. The number of aryl methyl sites for hydroxylation is 1. The number of amides is 2. The molecule has 236 valence electrons. The number of hydrogen-bond donors (Lipinski definition) is 1. The molecular formula is C35H35ClF3N3O3. The normalized spacial score (nSPS) is 20.9. The first-order chi connectivity index (χ1) is 21.7. The van der Waals surface area contributed by atoms with Gasteiger partial charge >= 0.3 is 0 Å². The smallest absolute Gasteiger partial charge is 0.242 e. The molecule has 0 radical (unpaired) electrons. The van der Waals surface area contributed by atoms with Crippen LogP contribution in [0.1, 0.15) is 49.3 Å². The molecule has 3 atom stereocenters. The van der Waals surface area contributed by atoms with Gasteiger partial charge in [-0.15, -0.1) is 0 Å². The zero-order valence-corrected chi connectivity index (χ0v) is 25.7. The highest BCUT2D eigenvalue weighted by molar-refractivity contribution is 6.31. The predicted octanol–water partition coefficient (Wildman–Crippen LogP) is 6.30. The summed E-state index contributed by atoms with van der Waals surface area (Å²) in [6, 6.07) is 16.2. The number of nitrogens with one attached hydrogen (secondary N) is 1. The number of hydrogen-bond acceptors (Lipinski definition) is 4. The van der Waals surface area contributed by atoms with Crippen LogP contribution in [-0.4, -0.2) is 58.9 Å². The van der Waals surface area contributed by atoms with Gasteiger partial charge in [-0.1, -0.05) is 60.1 Å². The zero-order valence-electron chi connectivity index (χ0n) is 24.9. The van der Waals surface area contributed by atoms with E-state index in [4.69, 9.17) is 16.3 Å². The molecule has 10 heteroatoms. The quantitative estimate of drug-likeness (QED) is 0.209. The highest BCUT2D eigenvalue weighted by atomic mass is 35.5. The van der Waals surface area contributed by atoms with Gasteiger partial charge in [-0.05, 0) is 72.6 Å². The Hall–Kier alpha value is -3.82. The van der Waals surface area contributed by atoms with Crippen molar-refractivity contribution >= 4 is 29.0 Å². The van der Waals surface area contributed by atoms with Crippen molar-refractivity contribution in [2.45, 2.75) is 69.7 Å². The Labute approximate surface area is 265 Å². The van der Waals surface area contributed by atoms with Crippen molar-refractivity contribution in [3.05, 3.63) is 106 Å². The Morgan fingerprint density at radius 2 is 1.76 bits per heavy atom. The van der Waals surface area contributed by atoms with Crippen LogP contribution in [0, 0.1) is 17.5 Å². The number of carbonyl (C=O) groups excluding carboxylic acids is 2. The molecule has 3 aliphatic rings. The Kier molecular flexibility index (Phi) is 9.19. The van der Waals surface area contributed by atoms with E-state index in [1.807, 2.05) is 58.3 Å². The van der Waals surface area contributed by atoms with Crippen LogP contribution in [0.2, 0.25) is 5.02 Å². The predicted molar refractivity (Wildman–Crippen MR) is 166 cm³/mol. The third-order valence-corrected chi connectivity index (χ3v) is 9.21. The molecule has 1 saturated heterocycles. The molecule has 1 unspecified atom stereocenters. The monoisotopic (exact) mass is 637 g/mol. The van der Waals surface area contributed by atoms with Gasteiger partial charge in [-0.2, -0.15) is 4.39 Å². The van der Waals surface area contributed by atoms with Crippen LogP contribution in [0.4, 0.5) is 13.2 Å². The number of ether oxygens (including phenoxy) is 1. The van der Waals surface area contributed by atoms with Gasteiger partial charge in [0.15, 0.2) is 17.4 Å². The van der Waals surface area contributed by atoms with E-state index in [2.05, 4.69) is 11.4 Å². The van der Waals surface area contributed by atoms with Crippen molar-refractivity contribution in [2.75, 3.05) is 13.2 Å². The van der Waals surface area contributed by atoms with Gasteiger partial charge < -0.3 is 19.9 Å². The minimum absolute atomic E-state index is 0.0276. The summed E-state index contributed by atoms with van der Waals surface area (Å²) in [5.74, 6) is -4.20. The number of piperazine rings is 1.